The van der Waals surface area contributed by atoms with E-state index in [-0.39, 0.29) is 11.8 Å². The zero-order chi connectivity index (χ0) is 21.8. The average molecular weight is 419 g/mol. The second kappa shape index (κ2) is 9.38. The lowest BCUT2D eigenvalue weighted by atomic mass is 10.0. The molecule has 0 atom stereocenters. The molecule has 2 aromatic rings. The maximum absolute atomic E-state index is 13.5. The highest BCUT2D eigenvalue weighted by atomic mass is 16.5. The lowest BCUT2D eigenvalue weighted by Crippen LogP contribution is -2.35. The smallest absolute Gasteiger partial charge is 0.278 e. The first-order valence-corrected chi connectivity index (χ1v) is 11.3. The summed E-state index contributed by atoms with van der Waals surface area (Å²) in [5.74, 6) is 0.389. The van der Waals surface area contributed by atoms with Crippen LogP contribution in [-0.2, 0) is 16.0 Å². The van der Waals surface area contributed by atoms with Gasteiger partial charge in [0.2, 0.25) is 0 Å². The van der Waals surface area contributed by atoms with E-state index in [0.29, 0.717) is 31.0 Å². The van der Waals surface area contributed by atoms with Crippen LogP contribution in [0.5, 0.6) is 5.75 Å². The number of amides is 2. The predicted octanol–water partition coefficient (Wildman–Crippen LogP) is 4.81. The van der Waals surface area contributed by atoms with Gasteiger partial charge in [0.05, 0.1) is 12.2 Å². The number of imide groups is 1. The summed E-state index contributed by atoms with van der Waals surface area (Å²) in [6.45, 7) is 5.85. The highest BCUT2D eigenvalue weighted by Gasteiger charge is 2.42. The summed E-state index contributed by atoms with van der Waals surface area (Å²) in [5, 5.41) is 0. The van der Waals surface area contributed by atoms with Gasteiger partial charge in [-0.15, -0.1) is 0 Å². The Hall–Kier alpha value is -3.08. The van der Waals surface area contributed by atoms with E-state index in [0.717, 1.165) is 49.1 Å². The largest absolute Gasteiger partial charge is 0.494 e. The Kier molecular flexibility index (Phi) is 6.40. The molecular weight excluding hydrogens is 388 g/mol. The number of para-hydroxylation sites is 1. The molecule has 0 spiro atoms. The second-order valence-electron chi connectivity index (χ2n) is 8.03. The molecule has 5 nitrogen and oxygen atoms in total. The number of anilines is 1. The van der Waals surface area contributed by atoms with Gasteiger partial charge in [-0.2, -0.15) is 0 Å². The molecule has 0 radical (unpaired) electrons. The molecule has 0 aliphatic carbocycles. The van der Waals surface area contributed by atoms with Crippen molar-refractivity contribution in [1.82, 2.24) is 4.90 Å². The van der Waals surface area contributed by atoms with E-state index >= 15 is 0 Å². The first kappa shape index (κ1) is 21.2. The minimum Gasteiger partial charge on any atom is -0.494 e. The van der Waals surface area contributed by atoms with Gasteiger partial charge in [-0.05, 0) is 49.1 Å². The standard InChI is InChI=1S/C26H30N2O3/c1-3-5-6-9-17-28-25(29)23(20-12-14-21(15-13-20)31-4-2)24(26(28)30)27-18-16-19-10-7-8-11-22(19)27/h7-8,10-15H,3-6,9,16-18H2,1-2H3. The molecule has 2 amide bonds. The number of unbranched alkanes of at least 4 members (excludes halogenated alkanes) is 3. The fraction of sp³-hybridized carbons (Fsp3) is 0.385. The first-order valence-electron chi connectivity index (χ1n) is 11.3. The van der Waals surface area contributed by atoms with E-state index in [4.69, 9.17) is 4.74 Å². The van der Waals surface area contributed by atoms with E-state index in [1.54, 1.807) is 0 Å². The van der Waals surface area contributed by atoms with E-state index in [1.165, 1.54) is 10.5 Å². The Labute approximate surface area is 184 Å². The third-order valence-electron chi connectivity index (χ3n) is 5.99. The van der Waals surface area contributed by atoms with Gasteiger partial charge in [0.25, 0.3) is 11.8 Å². The van der Waals surface area contributed by atoms with Gasteiger partial charge < -0.3 is 9.64 Å². The van der Waals surface area contributed by atoms with Gasteiger partial charge in [-0.3, -0.25) is 14.5 Å². The van der Waals surface area contributed by atoms with Crippen molar-refractivity contribution in [3.05, 3.63) is 65.4 Å². The Morgan fingerprint density at radius 2 is 1.68 bits per heavy atom. The number of fused-ring (bicyclic) bond motifs is 1. The van der Waals surface area contributed by atoms with Gasteiger partial charge in [-0.1, -0.05) is 56.5 Å². The Bertz CT molecular complexity index is 994. The van der Waals surface area contributed by atoms with Crippen molar-refractivity contribution < 1.29 is 14.3 Å². The molecule has 0 N–H and O–H groups in total. The van der Waals surface area contributed by atoms with Crippen LogP contribution in [0.3, 0.4) is 0 Å². The molecule has 0 unspecified atom stereocenters. The number of hydrogen-bond donors (Lipinski definition) is 0. The molecule has 2 aromatic carbocycles. The maximum atomic E-state index is 13.5. The third kappa shape index (κ3) is 4.09. The molecule has 5 heteroatoms. The summed E-state index contributed by atoms with van der Waals surface area (Å²) >= 11 is 0. The number of carbonyl (C=O) groups is 2. The molecule has 4 rings (SSSR count). The molecular formula is C26H30N2O3. The minimum absolute atomic E-state index is 0.179. The Balaban J connectivity index is 1.71. The fourth-order valence-corrected chi connectivity index (χ4v) is 4.43. The van der Waals surface area contributed by atoms with Crippen LogP contribution < -0.4 is 9.64 Å². The van der Waals surface area contributed by atoms with Gasteiger partial charge in [0.15, 0.2) is 0 Å². The first-order chi connectivity index (χ1) is 15.2. The number of rotatable bonds is 9. The molecule has 2 aliphatic rings. The molecule has 2 heterocycles. The van der Waals surface area contributed by atoms with Crippen molar-refractivity contribution in [1.29, 1.82) is 0 Å². The molecule has 2 aliphatic heterocycles. The van der Waals surface area contributed by atoms with Crippen LogP contribution in [0.4, 0.5) is 5.69 Å². The van der Waals surface area contributed by atoms with Crippen molar-refractivity contribution in [3.8, 4) is 5.75 Å². The molecule has 0 saturated heterocycles. The highest BCUT2D eigenvalue weighted by Crippen LogP contribution is 2.38. The van der Waals surface area contributed by atoms with E-state index in [2.05, 4.69) is 13.0 Å². The lowest BCUT2D eigenvalue weighted by molar-refractivity contribution is -0.136. The average Bonchev–Trinajstić information content (AvgIpc) is 3.31. The Morgan fingerprint density at radius 3 is 2.42 bits per heavy atom. The summed E-state index contributed by atoms with van der Waals surface area (Å²) in [7, 11) is 0. The predicted molar refractivity (Wildman–Crippen MR) is 123 cm³/mol. The normalized spacial score (nSPS) is 15.8. The van der Waals surface area contributed by atoms with Crippen LogP contribution in [0.2, 0.25) is 0 Å². The minimum atomic E-state index is -0.190. The molecule has 0 saturated carbocycles. The SMILES string of the molecule is CCCCCCN1C(=O)C(c2ccc(OCC)cc2)=C(N2CCc3ccccc32)C1=O. The summed E-state index contributed by atoms with van der Waals surface area (Å²) in [6.07, 6.45) is 4.96. The zero-order valence-corrected chi connectivity index (χ0v) is 18.4. The summed E-state index contributed by atoms with van der Waals surface area (Å²) in [4.78, 5) is 30.4. The highest BCUT2D eigenvalue weighted by molar-refractivity contribution is 6.36. The molecule has 162 valence electrons. The third-order valence-corrected chi connectivity index (χ3v) is 5.99. The van der Waals surface area contributed by atoms with Crippen molar-refractivity contribution in [2.24, 2.45) is 0 Å². The number of ether oxygens (including phenoxy) is 1. The number of carbonyl (C=O) groups excluding carboxylic acids is 2. The molecule has 31 heavy (non-hydrogen) atoms. The van der Waals surface area contributed by atoms with E-state index in [1.807, 2.05) is 54.3 Å². The van der Waals surface area contributed by atoms with Gasteiger partial charge in [0, 0.05) is 18.8 Å². The van der Waals surface area contributed by atoms with Crippen LogP contribution in [0, 0.1) is 0 Å². The van der Waals surface area contributed by atoms with Crippen molar-refractivity contribution in [2.75, 3.05) is 24.6 Å². The zero-order valence-electron chi connectivity index (χ0n) is 18.4. The van der Waals surface area contributed by atoms with E-state index in [9.17, 15) is 9.59 Å². The quantitative estimate of drug-likeness (QED) is 0.433. The topological polar surface area (TPSA) is 49.9 Å². The summed E-state index contributed by atoms with van der Waals surface area (Å²) in [6, 6.07) is 15.6. The van der Waals surface area contributed by atoms with Crippen molar-refractivity contribution in [2.45, 2.75) is 46.0 Å². The van der Waals surface area contributed by atoms with Crippen LogP contribution in [0.25, 0.3) is 5.57 Å². The van der Waals surface area contributed by atoms with Gasteiger partial charge in [-0.25, -0.2) is 0 Å². The fourth-order valence-electron chi connectivity index (χ4n) is 4.43. The van der Waals surface area contributed by atoms with Gasteiger partial charge >= 0.3 is 0 Å². The summed E-state index contributed by atoms with van der Waals surface area (Å²) in [5.41, 5.74) is 4.00. The lowest BCUT2D eigenvalue weighted by Gasteiger charge is -2.21. The number of benzene rings is 2. The van der Waals surface area contributed by atoms with Crippen molar-refractivity contribution >= 4 is 23.1 Å². The Morgan fingerprint density at radius 1 is 0.903 bits per heavy atom. The van der Waals surface area contributed by atoms with E-state index < -0.39 is 0 Å². The van der Waals surface area contributed by atoms with Crippen LogP contribution >= 0.6 is 0 Å². The second-order valence-corrected chi connectivity index (χ2v) is 8.03. The van der Waals surface area contributed by atoms with Crippen LogP contribution in [0.15, 0.2) is 54.2 Å². The van der Waals surface area contributed by atoms with Gasteiger partial charge in [0.1, 0.15) is 11.4 Å². The summed E-state index contributed by atoms with van der Waals surface area (Å²) < 4.78 is 5.55. The monoisotopic (exact) mass is 418 g/mol. The van der Waals surface area contributed by atoms with Crippen LogP contribution in [0.1, 0.15) is 50.7 Å². The molecule has 0 bridgehead atoms. The van der Waals surface area contributed by atoms with Crippen LogP contribution in [-0.4, -0.2) is 36.4 Å². The maximum Gasteiger partial charge on any atom is 0.278 e. The molecule has 0 aromatic heterocycles. The molecule has 0 fully saturated rings. The number of hydrogen-bond acceptors (Lipinski definition) is 4. The number of nitrogens with zero attached hydrogens (tertiary/aromatic N) is 2. The van der Waals surface area contributed by atoms with Crippen molar-refractivity contribution in [3.63, 3.8) is 0 Å².